The summed E-state index contributed by atoms with van der Waals surface area (Å²) in [5, 5.41) is 0. The summed E-state index contributed by atoms with van der Waals surface area (Å²) in [6.45, 7) is 6.93. The van der Waals surface area contributed by atoms with Gasteiger partial charge in [0.25, 0.3) is 0 Å². The predicted octanol–water partition coefficient (Wildman–Crippen LogP) is 7.54. The molecule has 38 heavy (non-hydrogen) atoms. The molecule has 0 radical (unpaired) electrons. The summed E-state index contributed by atoms with van der Waals surface area (Å²) in [7, 11) is 0.357. The van der Waals surface area contributed by atoms with E-state index in [1.165, 1.54) is 84.0 Å². The molecule has 0 spiro atoms. The number of phosphoric acid groups is 1. The molecule has 4 atom stereocenters. The molecule has 224 valence electrons. The second-order valence-electron chi connectivity index (χ2n) is 12.2. The molecule has 9 heteroatoms. The third kappa shape index (κ3) is 12.8. The van der Waals surface area contributed by atoms with Gasteiger partial charge in [0.2, 0.25) is 6.23 Å². The van der Waals surface area contributed by atoms with E-state index in [1.807, 2.05) is 14.1 Å². The number of nitrogens with zero attached hydrogens (tertiary/aromatic N) is 1. The number of quaternary nitrogens is 1. The van der Waals surface area contributed by atoms with Crippen molar-refractivity contribution in [3.05, 3.63) is 0 Å². The van der Waals surface area contributed by atoms with E-state index in [4.69, 9.17) is 23.0 Å². The summed E-state index contributed by atoms with van der Waals surface area (Å²) < 4.78 is 42.3. The molecular weight excluding hydrogens is 505 g/mol. The third-order valence-electron chi connectivity index (χ3n) is 7.70. The van der Waals surface area contributed by atoms with Gasteiger partial charge in [-0.2, -0.15) is 0 Å². The SMILES string of the molecule is CCCCCCCCCCCCCCCCOCC(C)(COP1(=O)OC2CCC[N+](C)(C)C2O1)OC(C)=O. The molecule has 2 aliphatic rings. The van der Waals surface area contributed by atoms with Crippen LogP contribution in [0.1, 0.15) is 124 Å². The molecule has 2 fully saturated rings. The average Bonchev–Trinajstić information content (AvgIpc) is 3.21. The average molecular weight is 563 g/mol. The fourth-order valence-corrected chi connectivity index (χ4v) is 7.25. The second kappa shape index (κ2) is 17.3. The van der Waals surface area contributed by atoms with Gasteiger partial charge in [0.15, 0.2) is 5.60 Å². The number of rotatable bonds is 21. The first-order chi connectivity index (χ1) is 18.1. The molecule has 0 aliphatic carbocycles. The minimum Gasteiger partial charge on any atom is -0.455 e. The summed E-state index contributed by atoms with van der Waals surface area (Å²) in [4.78, 5) is 11.7. The Morgan fingerprint density at radius 2 is 1.45 bits per heavy atom. The van der Waals surface area contributed by atoms with E-state index in [1.54, 1.807) is 6.92 Å². The van der Waals surface area contributed by atoms with E-state index >= 15 is 0 Å². The lowest BCUT2D eigenvalue weighted by molar-refractivity contribution is -0.939. The molecule has 0 aromatic carbocycles. The fourth-order valence-electron chi connectivity index (χ4n) is 5.45. The Hall–Kier alpha value is -0.500. The molecule has 0 amide bonds. The van der Waals surface area contributed by atoms with E-state index in [2.05, 4.69) is 6.92 Å². The van der Waals surface area contributed by atoms with Crippen LogP contribution in [0.25, 0.3) is 0 Å². The molecule has 0 bridgehead atoms. The van der Waals surface area contributed by atoms with Gasteiger partial charge in [0.1, 0.15) is 12.7 Å². The lowest BCUT2D eigenvalue weighted by Crippen LogP contribution is -2.56. The van der Waals surface area contributed by atoms with Gasteiger partial charge in [0.05, 0.1) is 27.2 Å². The van der Waals surface area contributed by atoms with Crippen LogP contribution >= 0.6 is 7.82 Å². The zero-order chi connectivity index (χ0) is 27.9. The maximum atomic E-state index is 13.2. The van der Waals surface area contributed by atoms with Crippen molar-refractivity contribution in [1.82, 2.24) is 0 Å². The summed E-state index contributed by atoms with van der Waals surface area (Å²) >= 11 is 0. The lowest BCUT2D eigenvalue weighted by Gasteiger charge is -2.39. The Bertz CT molecular complexity index is 719. The molecule has 2 aliphatic heterocycles. The Kier molecular flexibility index (Phi) is 15.4. The molecular formula is C29H57NO7P+. The van der Waals surface area contributed by atoms with Crippen molar-refractivity contribution in [2.45, 2.75) is 141 Å². The smallest absolute Gasteiger partial charge is 0.455 e. The Balaban J connectivity index is 1.56. The quantitative estimate of drug-likeness (QED) is 0.0619. The first kappa shape index (κ1) is 33.7. The summed E-state index contributed by atoms with van der Waals surface area (Å²) in [6, 6.07) is 0. The number of hydrogen-bond donors (Lipinski definition) is 0. The summed E-state index contributed by atoms with van der Waals surface area (Å²) in [5.41, 5.74) is -1.07. The summed E-state index contributed by atoms with van der Waals surface area (Å²) in [5.74, 6) is -0.436. The van der Waals surface area contributed by atoms with Crippen molar-refractivity contribution in [2.75, 3.05) is 40.5 Å². The fraction of sp³-hybridized carbons (Fsp3) is 0.966. The highest BCUT2D eigenvalue weighted by atomic mass is 31.2. The van der Waals surface area contributed by atoms with E-state index in [0.29, 0.717) is 11.1 Å². The number of carbonyl (C=O) groups is 1. The number of likely N-dealkylation sites (N-methyl/N-ethyl adjacent to an activating group) is 1. The minimum atomic E-state index is -3.73. The van der Waals surface area contributed by atoms with Crippen molar-refractivity contribution in [3.63, 3.8) is 0 Å². The highest BCUT2D eigenvalue weighted by Crippen LogP contribution is 2.60. The summed E-state index contributed by atoms with van der Waals surface area (Å²) in [6.07, 6.45) is 19.6. The van der Waals surface area contributed by atoms with Crippen LogP contribution in [-0.2, 0) is 32.4 Å². The maximum absolute atomic E-state index is 13.2. The zero-order valence-electron chi connectivity index (χ0n) is 25.0. The lowest BCUT2D eigenvalue weighted by atomic mass is 10.0. The molecule has 2 saturated heterocycles. The van der Waals surface area contributed by atoms with Gasteiger partial charge in [-0.05, 0) is 26.2 Å². The maximum Gasteiger partial charge on any atom is 0.480 e. The van der Waals surface area contributed by atoms with Gasteiger partial charge in [-0.25, -0.2) is 9.09 Å². The largest absolute Gasteiger partial charge is 0.480 e. The van der Waals surface area contributed by atoms with Gasteiger partial charge < -0.3 is 14.0 Å². The van der Waals surface area contributed by atoms with E-state index < -0.39 is 19.4 Å². The Labute approximate surface area is 232 Å². The number of ether oxygens (including phenoxy) is 2. The second-order valence-corrected chi connectivity index (χ2v) is 13.8. The molecule has 8 nitrogen and oxygen atoms in total. The van der Waals surface area contributed by atoms with Crippen molar-refractivity contribution in [2.24, 2.45) is 0 Å². The van der Waals surface area contributed by atoms with Crippen molar-refractivity contribution >= 4 is 13.8 Å². The van der Waals surface area contributed by atoms with Crippen LogP contribution in [0.4, 0.5) is 0 Å². The van der Waals surface area contributed by atoms with Crippen LogP contribution in [0.3, 0.4) is 0 Å². The van der Waals surface area contributed by atoms with Crippen LogP contribution in [0.2, 0.25) is 0 Å². The topological polar surface area (TPSA) is 80.3 Å². The van der Waals surface area contributed by atoms with Gasteiger partial charge >= 0.3 is 13.8 Å². The number of unbranched alkanes of at least 4 members (excludes halogenated alkanes) is 13. The highest BCUT2D eigenvalue weighted by molar-refractivity contribution is 7.48. The van der Waals surface area contributed by atoms with E-state index in [0.717, 1.165) is 32.2 Å². The molecule has 2 heterocycles. The van der Waals surface area contributed by atoms with Crippen LogP contribution in [0.5, 0.6) is 0 Å². The zero-order valence-corrected chi connectivity index (χ0v) is 25.9. The first-order valence-electron chi connectivity index (χ1n) is 15.3. The molecule has 0 saturated carbocycles. The van der Waals surface area contributed by atoms with Crippen LogP contribution in [0, 0.1) is 0 Å². The molecule has 4 unspecified atom stereocenters. The molecule has 2 rings (SSSR count). The molecule has 0 aromatic rings. The standard InChI is InChI=1S/C29H57NO7P/c1-6-7-8-9-10-11-12-13-14-15-16-17-18-19-23-33-24-29(3,35-26(2)31)25-34-38(32)36-27-21-20-22-30(4,5)28(27)37-38/h27-28H,6-25H2,1-5H3/q+1. The monoisotopic (exact) mass is 562 g/mol. The third-order valence-corrected chi connectivity index (χ3v) is 9.15. The number of fused-ring (bicyclic) bond motifs is 1. The normalized spacial score (nSPS) is 26.1. The van der Waals surface area contributed by atoms with Gasteiger partial charge in [-0.15, -0.1) is 0 Å². The highest BCUT2D eigenvalue weighted by Gasteiger charge is 2.55. The minimum absolute atomic E-state index is 0.116. The van der Waals surface area contributed by atoms with Gasteiger partial charge in [0, 0.05) is 13.5 Å². The van der Waals surface area contributed by atoms with Crippen LogP contribution in [0.15, 0.2) is 0 Å². The number of phosphoric ester groups is 1. The number of carbonyl (C=O) groups excluding carboxylic acids is 1. The first-order valence-corrected chi connectivity index (χ1v) is 16.8. The number of esters is 1. The van der Waals surface area contributed by atoms with Gasteiger partial charge in [-0.1, -0.05) is 90.4 Å². The number of likely N-dealkylation sites (tertiary alicyclic amines) is 1. The van der Waals surface area contributed by atoms with Crippen molar-refractivity contribution < 1.29 is 36.9 Å². The van der Waals surface area contributed by atoms with Crippen molar-refractivity contribution in [3.8, 4) is 0 Å². The number of hydrogen-bond acceptors (Lipinski definition) is 7. The van der Waals surface area contributed by atoms with E-state index in [-0.39, 0.29) is 25.5 Å². The van der Waals surface area contributed by atoms with E-state index in [9.17, 15) is 9.36 Å². The molecule has 0 aromatic heterocycles. The van der Waals surface area contributed by atoms with Crippen molar-refractivity contribution in [1.29, 1.82) is 0 Å². The molecule has 0 N–H and O–H groups in total. The Morgan fingerprint density at radius 1 is 0.895 bits per heavy atom. The van der Waals surface area contributed by atoms with Crippen LogP contribution in [-0.4, -0.2) is 68.8 Å². The number of piperidine rings is 1. The predicted molar refractivity (Wildman–Crippen MR) is 151 cm³/mol. The van der Waals surface area contributed by atoms with Crippen LogP contribution < -0.4 is 0 Å². The van der Waals surface area contributed by atoms with Gasteiger partial charge in [-0.3, -0.25) is 13.8 Å². The Morgan fingerprint density at radius 3 is 1.97 bits per heavy atom.